The van der Waals surface area contributed by atoms with Gasteiger partial charge in [0.25, 0.3) is 5.56 Å². The molecule has 5 heteroatoms. The molecule has 1 N–H and O–H groups in total. The van der Waals surface area contributed by atoms with Gasteiger partial charge in [-0.1, -0.05) is 48.5 Å². The van der Waals surface area contributed by atoms with Crippen LogP contribution < -0.4 is 10.9 Å². The van der Waals surface area contributed by atoms with Crippen LogP contribution in [0.25, 0.3) is 5.69 Å². The molecule has 0 bridgehead atoms. The van der Waals surface area contributed by atoms with Gasteiger partial charge in [-0.05, 0) is 40.0 Å². The molecule has 0 atom stereocenters. The number of rotatable bonds is 5. The van der Waals surface area contributed by atoms with Gasteiger partial charge in [-0.15, -0.1) is 0 Å². The molecular formula is C18H16BrN3O. The smallest absolute Gasteiger partial charge is 0.287 e. The highest BCUT2D eigenvalue weighted by atomic mass is 79.9. The fourth-order valence-electron chi connectivity index (χ4n) is 2.30. The summed E-state index contributed by atoms with van der Waals surface area (Å²) in [4.78, 5) is 12.4. The van der Waals surface area contributed by atoms with Gasteiger partial charge in [0.2, 0.25) is 0 Å². The van der Waals surface area contributed by atoms with Crippen LogP contribution in [0.2, 0.25) is 0 Å². The lowest BCUT2D eigenvalue weighted by Gasteiger charge is -2.10. The number of benzene rings is 2. The van der Waals surface area contributed by atoms with Crippen LogP contribution in [0.4, 0.5) is 5.69 Å². The van der Waals surface area contributed by atoms with Crippen molar-refractivity contribution in [2.75, 3.05) is 11.9 Å². The molecule has 3 aromatic rings. The van der Waals surface area contributed by atoms with Gasteiger partial charge in [-0.25, -0.2) is 0 Å². The van der Waals surface area contributed by atoms with E-state index in [1.807, 2.05) is 48.5 Å². The summed E-state index contributed by atoms with van der Waals surface area (Å²) in [7, 11) is 0. The van der Waals surface area contributed by atoms with Crippen molar-refractivity contribution in [3.63, 3.8) is 0 Å². The molecule has 0 fully saturated rings. The van der Waals surface area contributed by atoms with Gasteiger partial charge in [0.1, 0.15) is 4.47 Å². The van der Waals surface area contributed by atoms with E-state index in [4.69, 9.17) is 0 Å². The predicted molar refractivity (Wildman–Crippen MR) is 96.2 cm³/mol. The van der Waals surface area contributed by atoms with Crippen molar-refractivity contribution in [1.82, 2.24) is 9.78 Å². The molecular weight excluding hydrogens is 354 g/mol. The van der Waals surface area contributed by atoms with E-state index >= 15 is 0 Å². The first-order valence-electron chi connectivity index (χ1n) is 7.37. The maximum atomic E-state index is 12.4. The molecule has 1 heterocycles. The number of hydrogen-bond acceptors (Lipinski definition) is 3. The van der Waals surface area contributed by atoms with Crippen LogP contribution in [0.15, 0.2) is 76.1 Å². The van der Waals surface area contributed by atoms with Crippen LogP contribution in [0.5, 0.6) is 0 Å². The summed E-state index contributed by atoms with van der Waals surface area (Å²) in [6.45, 7) is 0.735. The number of nitrogens with zero attached hydrogens (tertiary/aromatic N) is 2. The van der Waals surface area contributed by atoms with Crippen molar-refractivity contribution >= 4 is 21.6 Å². The minimum Gasteiger partial charge on any atom is -0.382 e. The number of hydrogen-bond donors (Lipinski definition) is 1. The lowest BCUT2D eigenvalue weighted by Crippen LogP contribution is -2.23. The summed E-state index contributed by atoms with van der Waals surface area (Å²) >= 11 is 3.38. The average Bonchev–Trinajstić information content (AvgIpc) is 2.60. The van der Waals surface area contributed by atoms with E-state index in [2.05, 4.69) is 38.5 Å². The second-order valence-electron chi connectivity index (χ2n) is 5.09. The summed E-state index contributed by atoms with van der Waals surface area (Å²) in [5.41, 5.74) is 2.52. The number of nitrogens with one attached hydrogen (secondary N) is 1. The van der Waals surface area contributed by atoms with Gasteiger partial charge >= 0.3 is 0 Å². The molecule has 4 nitrogen and oxygen atoms in total. The molecule has 2 aromatic carbocycles. The first-order valence-corrected chi connectivity index (χ1v) is 8.16. The zero-order valence-corrected chi connectivity index (χ0v) is 14.0. The Morgan fingerprint density at radius 3 is 2.35 bits per heavy atom. The number of para-hydroxylation sites is 1. The quantitative estimate of drug-likeness (QED) is 0.746. The summed E-state index contributed by atoms with van der Waals surface area (Å²) in [5.74, 6) is 0. The summed E-state index contributed by atoms with van der Waals surface area (Å²) in [6, 6.07) is 19.6. The Balaban J connectivity index is 1.74. The second-order valence-corrected chi connectivity index (χ2v) is 5.88. The summed E-state index contributed by atoms with van der Waals surface area (Å²) in [5, 5.41) is 7.50. The first kappa shape index (κ1) is 15.5. The SMILES string of the molecule is O=c1c(Br)c(NCCc2ccccc2)cnn1-c1ccccc1. The average molecular weight is 370 g/mol. The zero-order chi connectivity index (χ0) is 16.1. The molecule has 0 unspecified atom stereocenters. The Bertz CT molecular complexity index is 832. The normalized spacial score (nSPS) is 10.5. The molecule has 0 saturated heterocycles. The van der Waals surface area contributed by atoms with Crippen molar-refractivity contribution < 1.29 is 0 Å². The maximum Gasteiger partial charge on any atom is 0.287 e. The van der Waals surface area contributed by atoms with E-state index in [0.29, 0.717) is 10.2 Å². The fourth-order valence-corrected chi connectivity index (χ4v) is 2.71. The third-order valence-electron chi connectivity index (χ3n) is 3.49. The zero-order valence-electron chi connectivity index (χ0n) is 12.4. The third kappa shape index (κ3) is 3.68. The topological polar surface area (TPSA) is 46.9 Å². The standard InChI is InChI=1S/C18H16BrN3O/c19-17-16(20-12-11-14-7-3-1-4-8-14)13-21-22(18(17)23)15-9-5-2-6-10-15/h1-10,13,20H,11-12H2. The lowest BCUT2D eigenvalue weighted by atomic mass is 10.1. The largest absolute Gasteiger partial charge is 0.382 e. The number of aromatic nitrogens is 2. The lowest BCUT2D eigenvalue weighted by molar-refractivity contribution is 0.800. The van der Waals surface area contributed by atoms with E-state index in [9.17, 15) is 4.79 Å². The van der Waals surface area contributed by atoms with Gasteiger partial charge < -0.3 is 5.32 Å². The Morgan fingerprint density at radius 1 is 1.00 bits per heavy atom. The minimum atomic E-state index is -0.180. The Morgan fingerprint density at radius 2 is 1.65 bits per heavy atom. The number of anilines is 1. The highest BCUT2D eigenvalue weighted by Crippen LogP contribution is 2.17. The Hall–Kier alpha value is -2.40. The van der Waals surface area contributed by atoms with Crippen molar-refractivity contribution in [1.29, 1.82) is 0 Å². The van der Waals surface area contributed by atoms with Crippen molar-refractivity contribution in [3.05, 3.63) is 87.3 Å². The van der Waals surface area contributed by atoms with Gasteiger partial charge in [0.05, 0.1) is 17.6 Å². The third-order valence-corrected chi connectivity index (χ3v) is 4.26. The van der Waals surface area contributed by atoms with E-state index in [0.717, 1.165) is 18.7 Å². The highest BCUT2D eigenvalue weighted by Gasteiger charge is 2.09. The van der Waals surface area contributed by atoms with Crippen LogP contribution >= 0.6 is 15.9 Å². The molecule has 0 aliphatic heterocycles. The van der Waals surface area contributed by atoms with Gasteiger partial charge in [0, 0.05) is 6.54 Å². The van der Waals surface area contributed by atoms with Crippen LogP contribution in [0, 0.1) is 0 Å². The van der Waals surface area contributed by atoms with Crippen LogP contribution in [0.3, 0.4) is 0 Å². The van der Waals surface area contributed by atoms with E-state index < -0.39 is 0 Å². The molecule has 0 saturated carbocycles. The summed E-state index contributed by atoms with van der Waals surface area (Å²) in [6.07, 6.45) is 2.55. The van der Waals surface area contributed by atoms with Crippen LogP contribution in [-0.4, -0.2) is 16.3 Å². The van der Waals surface area contributed by atoms with Crippen molar-refractivity contribution in [3.8, 4) is 5.69 Å². The van der Waals surface area contributed by atoms with Gasteiger partial charge in [0.15, 0.2) is 0 Å². The van der Waals surface area contributed by atoms with Crippen molar-refractivity contribution in [2.24, 2.45) is 0 Å². The highest BCUT2D eigenvalue weighted by molar-refractivity contribution is 9.10. The van der Waals surface area contributed by atoms with Gasteiger partial charge in [-0.3, -0.25) is 4.79 Å². The first-order chi connectivity index (χ1) is 11.3. The molecule has 3 rings (SSSR count). The molecule has 0 aliphatic rings. The molecule has 0 amide bonds. The molecule has 23 heavy (non-hydrogen) atoms. The van der Waals surface area contributed by atoms with E-state index in [-0.39, 0.29) is 5.56 Å². The van der Waals surface area contributed by atoms with Gasteiger partial charge in [-0.2, -0.15) is 9.78 Å². The van der Waals surface area contributed by atoms with Crippen LogP contribution in [-0.2, 0) is 6.42 Å². The molecule has 0 spiro atoms. The summed E-state index contributed by atoms with van der Waals surface area (Å²) < 4.78 is 1.87. The molecule has 0 radical (unpaired) electrons. The number of halogens is 1. The van der Waals surface area contributed by atoms with Crippen LogP contribution in [0.1, 0.15) is 5.56 Å². The Kier molecular flexibility index (Phi) is 4.88. The van der Waals surface area contributed by atoms with E-state index in [1.54, 1.807) is 6.20 Å². The maximum absolute atomic E-state index is 12.4. The van der Waals surface area contributed by atoms with Crippen molar-refractivity contribution in [2.45, 2.75) is 6.42 Å². The van der Waals surface area contributed by atoms with E-state index in [1.165, 1.54) is 10.2 Å². The molecule has 1 aromatic heterocycles. The Labute approximate surface area is 142 Å². The molecule has 0 aliphatic carbocycles. The predicted octanol–water partition coefficient (Wildman–Crippen LogP) is 3.65. The second kappa shape index (κ2) is 7.24. The minimum absolute atomic E-state index is 0.180. The monoisotopic (exact) mass is 369 g/mol. The molecule has 116 valence electrons. The fraction of sp³-hybridized carbons (Fsp3) is 0.111.